The van der Waals surface area contributed by atoms with Crippen LogP contribution in [0.2, 0.25) is 0 Å². The summed E-state index contributed by atoms with van der Waals surface area (Å²) in [5.74, 6) is 2.16. The molecule has 1 aliphatic rings. The molecule has 0 saturated heterocycles. The van der Waals surface area contributed by atoms with Crippen LogP contribution in [0.1, 0.15) is 41.6 Å². The molecule has 1 aromatic heterocycles. The molecule has 1 N–H and O–H groups in total. The second-order valence-corrected chi connectivity index (χ2v) is 5.66. The van der Waals surface area contributed by atoms with Crippen molar-refractivity contribution in [3.63, 3.8) is 0 Å². The first-order valence-electron chi connectivity index (χ1n) is 7.30. The summed E-state index contributed by atoms with van der Waals surface area (Å²) in [6.07, 6.45) is 3.27. The Morgan fingerprint density at radius 3 is 2.75 bits per heavy atom. The highest BCUT2D eigenvalue weighted by atomic mass is 16.5. The molecule has 106 valence electrons. The van der Waals surface area contributed by atoms with Gasteiger partial charge >= 0.3 is 0 Å². The van der Waals surface area contributed by atoms with E-state index in [-0.39, 0.29) is 0 Å². The summed E-state index contributed by atoms with van der Waals surface area (Å²) in [5.41, 5.74) is 2.93. The Labute approximate surface area is 119 Å². The summed E-state index contributed by atoms with van der Waals surface area (Å²) < 4.78 is 5.10. The Bertz CT molecular complexity index is 573. The number of nitrogens with one attached hydrogen (secondary N) is 1. The number of nitrogens with zero attached hydrogens (tertiary/aromatic N) is 2. The minimum atomic E-state index is 0.628. The Hall–Kier alpha value is -1.68. The van der Waals surface area contributed by atoms with Crippen LogP contribution in [-0.4, -0.2) is 22.7 Å². The predicted octanol–water partition coefficient (Wildman–Crippen LogP) is 2.76. The molecule has 0 atom stereocenters. The first kappa shape index (κ1) is 13.3. The van der Waals surface area contributed by atoms with E-state index in [9.17, 15) is 0 Å². The van der Waals surface area contributed by atoms with Gasteiger partial charge in [0.1, 0.15) is 0 Å². The van der Waals surface area contributed by atoms with Crippen LogP contribution in [0.15, 0.2) is 28.8 Å². The van der Waals surface area contributed by atoms with Crippen molar-refractivity contribution in [2.75, 3.05) is 6.54 Å². The summed E-state index contributed by atoms with van der Waals surface area (Å²) in [4.78, 5) is 4.21. The second-order valence-electron chi connectivity index (χ2n) is 5.66. The molecule has 1 aromatic carbocycles. The highest BCUT2D eigenvalue weighted by Gasteiger charge is 2.30. The molecule has 2 aromatic rings. The van der Waals surface area contributed by atoms with Gasteiger partial charge in [-0.2, -0.15) is 4.98 Å². The van der Waals surface area contributed by atoms with E-state index in [0.717, 1.165) is 24.8 Å². The van der Waals surface area contributed by atoms with Gasteiger partial charge in [0, 0.05) is 19.0 Å². The van der Waals surface area contributed by atoms with Crippen LogP contribution in [0.25, 0.3) is 0 Å². The zero-order valence-electron chi connectivity index (χ0n) is 12.1. The van der Waals surface area contributed by atoms with E-state index in [1.807, 2.05) is 6.92 Å². The lowest BCUT2D eigenvalue weighted by molar-refractivity contribution is 0.286. The van der Waals surface area contributed by atoms with E-state index in [2.05, 4.69) is 46.6 Å². The number of aryl methyl sites for hydroxylation is 2. The van der Waals surface area contributed by atoms with Crippen molar-refractivity contribution in [1.82, 2.24) is 15.5 Å². The van der Waals surface area contributed by atoms with E-state index in [0.29, 0.717) is 11.9 Å². The number of rotatable bonds is 5. The zero-order valence-corrected chi connectivity index (χ0v) is 12.1. The molecule has 0 bridgehead atoms. The molecule has 1 fully saturated rings. The number of aromatic nitrogens is 2. The maximum atomic E-state index is 5.10. The van der Waals surface area contributed by atoms with Gasteiger partial charge in [0.05, 0.1) is 0 Å². The standard InChI is InChI=1S/C16H21N3O/c1-11-5-3-4-6-15(11)13-9-14(10-13)17-8-7-16-18-12(2)19-20-16/h3-6,13-14,17H,7-10H2,1-2H3. The van der Waals surface area contributed by atoms with Crippen LogP contribution in [0.5, 0.6) is 0 Å². The topological polar surface area (TPSA) is 51.0 Å². The quantitative estimate of drug-likeness (QED) is 0.908. The molecule has 0 radical (unpaired) electrons. The van der Waals surface area contributed by atoms with Crippen molar-refractivity contribution in [2.45, 2.75) is 45.1 Å². The third-order valence-corrected chi connectivity index (χ3v) is 4.11. The monoisotopic (exact) mass is 271 g/mol. The maximum absolute atomic E-state index is 5.10. The van der Waals surface area contributed by atoms with Crippen molar-refractivity contribution in [1.29, 1.82) is 0 Å². The molecule has 3 rings (SSSR count). The summed E-state index contributed by atoms with van der Waals surface area (Å²) in [6, 6.07) is 9.34. The van der Waals surface area contributed by atoms with Crippen molar-refractivity contribution >= 4 is 0 Å². The smallest absolute Gasteiger partial charge is 0.227 e. The Kier molecular flexibility index (Phi) is 3.83. The van der Waals surface area contributed by atoms with Crippen molar-refractivity contribution < 1.29 is 4.52 Å². The maximum Gasteiger partial charge on any atom is 0.227 e. The van der Waals surface area contributed by atoms with Crippen LogP contribution >= 0.6 is 0 Å². The van der Waals surface area contributed by atoms with Crippen LogP contribution in [0.4, 0.5) is 0 Å². The van der Waals surface area contributed by atoms with Gasteiger partial charge in [0.2, 0.25) is 5.89 Å². The van der Waals surface area contributed by atoms with Crippen molar-refractivity contribution in [2.24, 2.45) is 0 Å². The largest absolute Gasteiger partial charge is 0.339 e. The van der Waals surface area contributed by atoms with Gasteiger partial charge in [0.15, 0.2) is 5.82 Å². The third-order valence-electron chi connectivity index (χ3n) is 4.11. The van der Waals surface area contributed by atoms with Gasteiger partial charge in [-0.15, -0.1) is 0 Å². The molecule has 1 saturated carbocycles. The van der Waals surface area contributed by atoms with Crippen LogP contribution in [-0.2, 0) is 6.42 Å². The second kappa shape index (κ2) is 5.75. The lowest BCUT2D eigenvalue weighted by atomic mass is 9.74. The lowest BCUT2D eigenvalue weighted by Crippen LogP contribution is -2.41. The van der Waals surface area contributed by atoms with Gasteiger partial charge in [-0.3, -0.25) is 0 Å². The Balaban J connectivity index is 1.41. The van der Waals surface area contributed by atoms with Gasteiger partial charge in [0.25, 0.3) is 0 Å². The minimum absolute atomic E-state index is 0.628. The molecule has 4 heteroatoms. The van der Waals surface area contributed by atoms with E-state index in [4.69, 9.17) is 4.52 Å². The summed E-state index contributed by atoms with van der Waals surface area (Å²) in [6.45, 7) is 4.96. The molecular formula is C16H21N3O. The Morgan fingerprint density at radius 2 is 2.05 bits per heavy atom. The van der Waals surface area contributed by atoms with Crippen LogP contribution in [0.3, 0.4) is 0 Å². The SMILES string of the molecule is Cc1noc(CCNC2CC(c3ccccc3C)C2)n1. The zero-order chi connectivity index (χ0) is 13.9. The predicted molar refractivity (Wildman–Crippen MR) is 77.7 cm³/mol. The molecule has 1 aliphatic carbocycles. The summed E-state index contributed by atoms with van der Waals surface area (Å²) >= 11 is 0. The summed E-state index contributed by atoms with van der Waals surface area (Å²) in [7, 11) is 0. The normalized spacial score (nSPS) is 21.7. The highest BCUT2D eigenvalue weighted by molar-refractivity contribution is 5.31. The van der Waals surface area contributed by atoms with Crippen LogP contribution < -0.4 is 5.32 Å². The van der Waals surface area contributed by atoms with Crippen molar-refractivity contribution in [3.05, 3.63) is 47.1 Å². The minimum Gasteiger partial charge on any atom is -0.339 e. The van der Waals surface area contributed by atoms with Gasteiger partial charge in [-0.1, -0.05) is 29.4 Å². The van der Waals surface area contributed by atoms with Crippen LogP contribution in [0, 0.1) is 13.8 Å². The molecule has 0 spiro atoms. The van der Waals surface area contributed by atoms with Gasteiger partial charge < -0.3 is 9.84 Å². The average Bonchev–Trinajstić information content (AvgIpc) is 2.79. The summed E-state index contributed by atoms with van der Waals surface area (Å²) in [5, 5.41) is 7.36. The first-order chi connectivity index (χ1) is 9.72. The lowest BCUT2D eigenvalue weighted by Gasteiger charge is -2.37. The van der Waals surface area contributed by atoms with E-state index in [1.54, 1.807) is 0 Å². The highest BCUT2D eigenvalue weighted by Crippen LogP contribution is 2.38. The number of hydrogen-bond acceptors (Lipinski definition) is 4. The fourth-order valence-corrected chi connectivity index (χ4v) is 2.91. The fourth-order valence-electron chi connectivity index (χ4n) is 2.91. The average molecular weight is 271 g/mol. The molecule has 1 heterocycles. The van der Waals surface area contributed by atoms with E-state index < -0.39 is 0 Å². The molecule has 20 heavy (non-hydrogen) atoms. The number of hydrogen-bond donors (Lipinski definition) is 1. The molecule has 4 nitrogen and oxygen atoms in total. The molecule has 0 aliphatic heterocycles. The molecule has 0 unspecified atom stereocenters. The van der Waals surface area contributed by atoms with Crippen molar-refractivity contribution in [3.8, 4) is 0 Å². The first-order valence-corrected chi connectivity index (χ1v) is 7.30. The van der Waals surface area contributed by atoms with E-state index in [1.165, 1.54) is 24.0 Å². The Morgan fingerprint density at radius 1 is 1.25 bits per heavy atom. The fraction of sp³-hybridized carbons (Fsp3) is 0.500. The molecule has 0 amide bonds. The molecular weight excluding hydrogens is 250 g/mol. The van der Waals surface area contributed by atoms with Gasteiger partial charge in [-0.25, -0.2) is 0 Å². The number of benzene rings is 1. The van der Waals surface area contributed by atoms with E-state index >= 15 is 0 Å². The third kappa shape index (κ3) is 2.90. The van der Waals surface area contributed by atoms with Gasteiger partial charge in [-0.05, 0) is 43.7 Å².